The van der Waals surface area contributed by atoms with Gasteiger partial charge >= 0.3 is 0 Å². The van der Waals surface area contributed by atoms with Crippen LogP contribution in [0.3, 0.4) is 0 Å². The number of ether oxygens (including phenoxy) is 1. The van der Waals surface area contributed by atoms with Crippen molar-refractivity contribution in [2.45, 2.75) is 45.9 Å². The Labute approximate surface area is 100 Å². The van der Waals surface area contributed by atoms with Crippen molar-refractivity contribution in [2.75, 3.05) is 6.61 Å². The van der Waals surface area contributed by atoms with Gasteiger partial charge < -0.3 is 14.6 Å². The molecule has 0 aromatic carbocycles. The molecule has 1 aromatic heterocycles. The molecule has 0 unspecified atom stereocenters. The van der Waals surface area contributed by atoms with Gasteiger partial charge in [0, 0.05) is 19.6 Å². The van der Waals surface area contributed by atoms with Crippen LogP contribution >= 0.6 is 0 Å². The highest BCUT2D eigenvalue weighted by molar-refractivity contribution is 5.80. The zero-order valence-corrected chi connectivity index (χ0v) is 10.3. The third kappa shape index (κ3) is 2.63. The Hall–Kier alpha value is -1.43. The molecule has 0 fully saturated rings. The van der Waals surface area contributed by atoms with E-state index in [1.54, 1.807) is 6.92 Å². The molecule has 0 saturated carbocycles. The van der Waals surface area contributed by atoms with Crippen molar-refractivity contribution < 1.29 is 9.53 Å². The maximum absolute atomic E-state index is 11.6. The Kier molecular flexibility index (Phi) is 3.73. The molecule has 1 amide bonds. The summed E-state index contributed by atoms with van der Waals surface area (Å²) in [5.74, 6) is 1.74. The lowest BCUT2D eigenvalue weighted by atomic mass is 10.3. The predicted octanol–water partition coefficient (Wildman–Crippen LogP) is 0.265. The molecule has 94 valence electrons. The molecule has 1 aromatic rings. The van der Waals surface area contributed by atoms with Gasteiger partial charge in [-0.3, -0.25) is 4.79 Å². The standard InChI is InChI=1S/C11H18N4O2/c1-3-17-8(2)11(16)12-7-10-14-13-9-5-4-6-15(9)10/h8H,3-7H2,1-2H3,(H,12,16)/t8-/m1/s1. The van der Waals surface area contributed by atoms with E-state index in [1.165, 1.54) is 0 Å². The summed E-state index contributed by atoms with van der Waals surface area (Å²) in [7, 11) is 0. The number of rotatable bonds is 5. The van der Waals surface area contributed by atoms with E-state index in [0.717, 1.165) is 31.0 Å². The van der Waals surface area contributed by atoms with Crippen LogP contribution in [-0.2, 0) is 29.0 Å². The zero-order valence-electron chi connectivity index (χ0n) is 10.3. The lowest BCUT2D eigenvalue weighted by Gasteiger charge is -2.11. The van der Waals surface area contributed by atoms with Gasteiger partial charge in [0.05, 0.1) is 6.54 Å². The molecule has 0 aliphatic carbocycles. The normalized spacial score (nSPS) is 15.6. The van der Waals surface area contributed by atoms with Crippen LogP contribution in [0.4, 0.5) is 0 Å². The minimum atomic E-state index is -0.416. The van der Waals surface area contributed by atoms with Gasteiger partial charge in [-0.1, -0.05) is 0 Å². The number of carbonyl (C=O) groups is 1. The van der Waals surface area contributed by atoms with Crippen molar-refractivity contribution in [3.8, 4) is 0 Å². The number of amides is 1. The van der Waals surface area contributed by atoms with E-state index in [0.29, 0.717) is 13.2 Å². The fraction of sp³-hybridized carbons (Fsp3) is 0.727. The lowest BCUT2D eigenvalue weighted by Crippen LogP contribution is -2.34. The lowest BCUT2D eigenvalue weighted by molar-refractivity contribution is -0.131. The summed E-state index contributed by atoms with van der Waals surface area (Å²) in [5.41, 5.74) is 0. The first-order valence-corrected chi connectivity index (χ1v) is 6.02. The molecule has 0 saturated heterocycles. The molecule has 1 aliphatic rings. The van der Waals surface area contributed by atoms with E-state index in [-0.39, 0.29) is 5.91 Å². The Morgan fingerprint density at radius 2 is 2.41 bits per heavy atom. The van der Waals surface area contributed by atoms with E-state index >= 15 is 0 Å². The molecular weight excluding hydrogens is 220 g/mol. The SMILES string of the molecule is CCO[C@H](C)C(=O)NCc1nnc2n1CCC2. The van der Waals surface area contributed by atoms with E-state index in [9.17, 15) is 4.79 Å². The number of aryl methyl sites for hydroxylation is 1. The van der Waals surface area contributed by atoms with Gasteiger partial charge in [0.2, 0.25) is 5.91 Å². The van der Waals surface area contributed by atoms with Crippen LogP contribution in [0.1, 0.15) is 31.9 Å². The first-order valence-electron chi connectivity index (χ1n) is 6.02. The highest BCUT2D eigenvalue weighted by Gasteiger charge is 2.18. The van der Waals surface area contributed by atoms with Gasteiger partial charge in [-0.05, 0) is 20.3 Å². The van der Waals surface area contributed by atoms with Gasteiger partial charge in [0.1, 0.15) is 11.9 Å². The molecule has 1 N–H and O–H groups in total. The van der Waals surface area contributed by atoms with Gasteiger partial charge in [-0.25, -0.2) is 0 Å². The molecule has 2 heterocycles. The first kappa shape index (κ1) is 12.0. The van der Waals surface area contributed by atoms with Gasteiger partial charge in [0.15, 0.2) is 5.82 Å². The van der Waals surface area contributed by atoms with Crippen LogP contribution in [0, 0.1) is 0 Å². The number of nitrogens with zero attached hydrogens (tertiary/aromatic N) is 3. The Morgan fingerprint density at radius 1 is 1.59 bits per heavy atom. The third-order valence-electron chi connectivity index (χ3n) is 2.89. The van der Waals surface area contributed by atoms with Gasteiger partial charge in [-0.15, -0.1) is 10.2 Å². The largest absolute Gasteiger partial charge is 0.369 e. The second kappa shape index (κ2) is 5.27. The van der Waals surface area contributed by atoms with Crippen molar-refractivity contribution in [1.29, 1.82) is 0 Å². The van der Waals surface area contributed by atoms with E-state index in [1.807, 2.05) is 6.92 Å². The third-order valence-corrected chi connectivity index (χ3v) is 2.89. The maximum Gasteiger partial charge on any atom is 0.249 e. The van der Waals surface area contributed by atoms with Crippen molar-refractivity contribution >= 4 is 5.91 Å². The van der Waals surface area contributed by atoms with E-state index in [2.05, 4.69) is 20.1 Å². The summed E-state index contributed by atoms with van der Waals surface area (Å²) in [6, 6.07) is 0. The number of nitrogens with one attached hydrogen (secondary N) is 1. The Morgan fingerprint density at radius 3 is 3.18 bits per heavy atom. The second-order valence-electron chi connectivity index (χ2n) is 4.10. The molecule has 6 heteroatoms. The van der Waals surface area contributed by atoms with Crippen molar-refractivity contribution in [3.05, 3.63) is 11.6 Å². The summed E-state index contributed by atoms with van der Waals surface area (Å²) < 4.78 is 7.29. The summed E-state index contributed by atoms with van der Waals surface area (Å²) in [5, 5.41) is 11.0. The average molecular weight is 238 g/mol. The van der Waals surface area contributed by atoms with Gasteiger partial charge in [-0.2, -0.15) is 0 Å². The summed E-state index contributed by atoms with van der Waals surface area (Å²) in [4.78, 5) is 11.6. The summed E-state index contributed by atoms with van der Waals surface area (Å²) in [6.07, 6.45) is 1.68. The molecule has 0 spiro atoms. The Balaban J connectivity index is 1.87. The molecule has 17 heavy (non-hydrogen) atoms. The maximum atomic E-state index is 11.6. The highest BCUT2D eigenvalue weighted by Crippen LogP contribution is 2.13. The van der Waals surface area contributed by atoms with Crippen molar-refractivity contribution in [2.24, 2.45) is 0 Å². The van der Waals surface area contributed by atoms with Gasteiger partial charge in [0.25, 0.3) is 0 Å². The molecule has 0 radical (unpaired) electrons. The Bertz CT molecular complexity index is 402. The molecular formula is C11H18N4O2. The number of aromatic nitrogens is 3. The van der Waals surface area contributed by atoms with Crippen LogP contribution < -0.4 is 5.32 Å². The summed E-state index contributed by atoms with van der Waals surface area (Å²) >= 11 is 0. The fourth-order valence-electron chi connectivity index (χ4n) is 1.98. The molecule has 0 bridgehead atoms. The summed E-state index contributed by atoms with van der Waals surface area (Å²) in [6.45, 7) is 5.52. The van der Waals surface area contributed by atoms with E-state index < -0.39 is 6.10 Å². The minimum absolute atomic E-state index is 0.109. The van der Waals surface area contributed by atoms with Crippen LogP contribution in [-0.4, -0.2) is 33.4 Å². The first-order chi connectivity index (χ1) is 8.22. The molecule has 2 rings (SSSR count). The smallest absolute Gasteiger partial charge is 0.249 e. The van der Waals surface area contributed by atoms with Crippen molar-refractivity contribution in [3.63, 3.8) is 0 Å². The number of carbonyl (C=O) groups excluding carboxylic acids is 1. The fourth-order valence-corrected chi connectivity index (χ4v) is 1.98. The molecule has 1 atom stereocenters. The monoisotopic (exact) mass is 238 g/mol. The zero-order chi connectivity index (χ0) is 12.3. The quantitative estimate of drug-likeness (QED) is 0.799. The van der Waals surface area contributed by atoms with Crippen LogP contribution in [0.5, 0.6) is 0 Å². The van der Waals surface area contributed by atoms with E-state index in [4.69, 9.17) is 4.74 Å². The highest BCUT2D eigenvalue weighted by atomic mass is 16.5. The predicted molar refractivity (Wildman–Crippen MR) is 61.3 cm³/mol. The van der Waals surface area contributed by atoms with Crippen LogP contribution in [0.2, 0.25) is 0 Å². The number of hydrogen-bond acceptors (Lipinski definition) is 4. The minimum Gasteiger partial charge on any atom is -0.369 e. The average Bonchev–Trinajstić information content (AvgIpc) is 2.89. The van der Waals surface area contributed by atoms with Crippen LogP contribution in [0.15, 0.2) is 0 Å². The van der Waals surface area contributed by atoms with Crippen molar-refractivity contribution in [1.82, 2.24) is 20.1 Å². The molecule has 6 nitrogen and oxygen atoms in total. The number of fused-ring (bicyclic) bond motifs is 1. The topological polar surface area (TPSA) is 69.0 Å². The molecule has 1 aliphatic heterocycles. The van der Waals surface area contributed by atoms with Crippen LogP contribution in [0.25, 0.3) is 0 Å². The number of hydrogen-bond donors (Lipinski definition) is 1. The second-order valence-corrected chi connectivity index (χ2v) is 4.10.